The minimum Gasteiger partial charge on any atom is -0.379 e. The van der Waals surface area contributed by atoms with Crippen LogP contribution in [-0.2, 0) is 11.2 Å². The van der Waals surface area contributed by atoms with Gasteiger partial charge in [-0.05, 0) is 55.4 Å². The predicted octanol–water partition coefficient (Wildman–Crippen LogP) is 8.46. The van der Waals surface area contributed by atoms with Crippen LogP contribution in [0.3, 0.4) is 0 Å². The molecule has 0 aliphatic carbocycles. The Labute approximate surface area is 209 Å². The SMILES string of the molecule is C=CCc1ncc(-c2ccc(-c3ccc(/C=C/CCCC(C)OCCCCC)cc3F)cc2)cn1. The fourth-order valence-electron chi connectivity index (χ4n) is 3.91. The number of aromatic nitrogens is 2. The Morgan fingerprint density at radius 3 is 2.40 bits per heavy atom. The summed E-state index contributed by atoms with van der Waals surface area (Å²) in [6.07, 6.45) is 17.1. The highest BCUT2D eigenvalue weighted by atomic mass is 19.1. The van der Waals surface area contributed by atoms with Crippen molar-refractivity contribution < 1.29 is 9.13 Å². The minimum atomic E-state index is -0.217. The fourth-order valence-corrected chi connectivity index (χ4v) is 3.91. The van der Waals surface area contributed by atoms with E-state index in [-0.39, 0.29) is 5.82 Å². The average molecular weight is 473 g/mol. The molecule has 0 N–H and O–H groups in total. The highest BCUT2D eigenvalue weighted by Gasteiger charge is 2.07. The van der Waals surface area contributed by atoms with Crippen LogP contribution in [0, 0.1) is 5.82 Å². The topological polar surface area (TPSA) is 35.0 Å². The maximum Gasteiger partial charge on any atom is 0.131 e. The first-order chi connectivity index (χ1) is 17.1. The summed E-state index contributed by atoms with van der Waals surface area (Å²) >= 11 is 0. The number of hydrogen-bond donors (Lipinski definition) is 0. The molecular weight excluding hydrogens is 435 g/mol. The van der Waals surface area contributed by atoms with Gasteiger partial charge in [-0.25, -0.2) is 14.4 Å². The monoisotopic (exact) mass is 472 g/mol. The zero-order valence-corrected chi connectivity index (χ0v) is 21.1. The number of nitrogens with zero attached hydrogens (tertiary/aromatic N) is 2. The van der Waals surface area contributed by atoms with E-state index in [0.29, 0.717) is 18.1 Å². The summed E-state index contributed by atoms with van der Waals surface area (Å²) in [5, 5.41) is 0. The van der Waals surface area contributed by atoms with Gasteiger partial charge in [-0.15, -0.1) is 6.58 Å². The summed E-state index contributed by atoms with van der Waals surface area (Å²) in [6.45, 7) is 8.91. The molecule has 184 valence electrons. The van der Waals surface area contributed by atoms with E-state index in [1.807, 2.05) is 54.9 Å². The van der Waals surface area contributed by atoms with Crippen LogP contribution in [0.4, 0.5) is 4.39 Å². The Morgan fingerprint density at radius 1 is 0.971 bits per heavy atom. The van der Waals surface area contributed by atoms with Gasteiger partial charge in [0.15, 0.2) is 0 Å². The Hall–Kier alpha value is -3.11. The molecule has 3 aromatic rings. The van der Waals surface area contributed by atoms with Crippen molar-refractivity contribution in [3.05, 3.63) is 90.8 Å². The Kier molecular flexibility index (Phi) is 10.8. The lowest BCUT2D eigenvalue weighted by Gasteiger charge is -2.12. The lowest BCUT2D eigenvalue weighted by Crippen LogP contribution is -2.08. The van der Waals surface area contributed by atoms with Gasteiger partial charge in [0.2, 0.25) is 0 Å². The van der Waals surface area contributed by atoms with Crippen molar-refractivity contribution in [1.82, 2.24) is 9.97 Å². The molecule has 3 rings (SSSR count). The van der Waals surface area contributed by atoms with Crippen molar-refractivity contribution in [1.29, 1.82) is 0 Å². The van der Waals surface area contributed by atoms with E-state index in [1.54, 1.807) is 12.1 Å². The molecule has 0 aliphatic heterocycles. The normalized spacial score (nSPS) is 12.2. The maximum atomic E-state index is 14.9. The number of unbranched alkanes of at least 4 members (excludes halogenated alkanes) is 3. The number of allylic oxidation sites excluding steroid dienone is 2. The molecule has 0 fully saturated rings. The molecule has 0 bridgehead atoms. The molecule has 0 saturated heterocycles. The molecule has 1 atom stereocenters. The summed E-state index contributed by atoms with van der Waals surface area (Å²) in [4.78, 5) is 8.71. The van der Waals surface area contributed by atoms with Crippen LogP contribution in [0.15, 0.2) is 73.6 Å². The molecule has 1 aromatic heterocycles. The molecule has 0 radical (unpaired) electrons. The second kappa shape index (κ2) is 14.3. The van der Waals surface area contributed by atoms with E-state index in [1.165, 1.54) is 12.8 Å². The number of halogens is 1. The van der Waals surface area contributed by atoms with Crippen molar-refractivity contribution in [2.45, 2.75) is 64.9 Å². The molecule has 4 heteroatoms. The van der Waals surface area contributed by atoms with Gasteiger partial charge in [0.1, 0.15) is 11.6 Å². The first kappa shape index (κ1) is 26.5. The van der Waals surface area contributed by atoms with Crippen molar-refractivity contribution in [3.63, 3.8) is 0 Å². The van der Waals surface area contributed by atoms with Gasteiger partial charge in [0.05, 0.1) is 6.10 Å². The molecule has 35 heavy (non-hydrogen) atoms. The summed E-state index contributed by atoms with van der Waals surface area (Å²) in [5.74, 6) is 0.532. The van der Waals surface area contributed by atoms with Gasteiger partial charge in [0, 0.05) is 36.5 Å². The van der Waals surface area contributed by atoms with E-state index < -0.39 is 0 Å². The third kappa shape index (κ3) is 8.56. The number of ether oxygens (including phenoxy) is 1. The van der Waals surface area contributed by atoms with E-state index in [9.17, 15) is 4.39 Å². The lowest BCUT2D eigenvalue weighted by atomic mass is 10.00. The maximum absolute atomic E-state index is 14.9. The van der Waals surface area contributed by atoms with E-state index in [4.69, 9.17) is 4.74 Å². The van der Waals surface area contributed by atoms with Crippen LogP contribution in [0.25, 0.3) is 28.3 Å². The van der Waals surface area contributed by atoms with Crippen LogP contribution in [0.5, 0.6) is 0 Å². The third-order valence-corrected chi connectivity index (χ3v) is 6.00. The van der Waals surface area contributed by atoms with Crippen LogP contribution >= 0.6 is 0 Å². The highest BCUT2D eigenvalue weighted by Crippen LogP contribution is 2.27. The summed E-state index contributed by atoms with van der Waals surface area (Å²) < 4.78 is 20.7. The lowest BCUT2D eigenvalue weighted by molar-refractivity contribution is 0.0566. The van der Waals surface area contributed by atoms with Gasteiger partial charge in [-0.1, -0.05) is 74.4 Å². The Bertz CT molecular complexity index is 1070. The van der Waals surface area contributed by atoms with Crippen LogP contribution in [0.2, 0.25) is 0 Å². The predicted molar refractivity (Wildman–Crippen MR) is 145 cm³/mol. The quantitative estimate of drug-likeness (QED) is 0.174. The summed E-state index contributed by atoms with van der Waals surface area (Å²) in [7, 11) is 0. The molecular formula is C31H37FN2O. The number of benzene rings is 2. The summed E-state index contributed by atoms with van der Waals surface area (Å²) in [6, 6.07) is 13.2. The van der Waals surface area contributed by atoms with Crippen molar-refractivity contribution in [3.8, 4) is 22.3 Å². The molecule has 2 aromatic carbocycles. The molecule has 0 amide bonds. The van der Waals surface area contributed by atoms with Crippen LogP contribution < -0.4 is 0 Å². The first-order valence-electron chi connectivity index (χ1n) is 12.7. The number of hydrogen-bond acceptors (Lipinski definition) is 3. The molecule has 3 nitrogen and oxygen atoms in total. The van der Waals surface area contributed by atoms with E-state index in [0.717, 1.165) is 60.4 Å². The Balaban J connectivity index is 1.51. The second-order valence-corrected chi connectivity index (χ2v) is 8.92. The standard InChI is InChI=1S/C31H37FN2O/c1-4-6-10-20-35-24(3)12-8-7-9-13-25-14-19-29(30(32)21-25)27-17-15-26(16-18-27)28-22-33-31(11-5-2)34-23-28/h5,9,13-19,21-24H,2,4,6-8,10-12,20H2,1,3H3/b13-9+. The average Bonchev–Trinajstić information content (AvgIpc) is 2.87. The fraction of sp³-hybridized carbons (Fsp3) is 0.355. The van der Waals surface area contributed by atoms with E-state index >= 15 is 0 Å². The highest BCUT2D eigenvalue weighted by molar-refractivity contribution is 5.71. The van der Waals surface area contributed by atoms with E-state index in [2.05, 4.69) is 36.5 Å². The third-order valence-electron chi connectivity index (χ3n) is 6.00. The molecule has 0 aliphatic rings. The van der Waals surface area contributed by atoms with Gasteiger partial charge in [-0.2, -0.15) is 0 Å². The molecule has 0 spiro atoms. The van der Waals surface area contributed by atoms with Crippen molar-refractivity contribution in [2.24, 2.45) is 0 Å². The van der Waals surface area contributed by atoms with Gasteiger partial charge < -0.3 is 4.74 Å². The largest absolute Gasteiger partial charge is 0.379 e. The number of rotatable bonds is 14. The van der Waals surface area contributed by atoms with Crippen molar-refractivity contribution in [2.75, 3.05) is 6.61 Å². The first-order valence-corrected chi connectivity index (χ1v) is 12.7. The van der Waals surface area contributed by atoms with Crippen molar-refractivity contribution >= 4 is 6.08 Å². The molecule has 0 saturated carbocycles. The van der Waals surface area contributed by atoms with Gasteiger partial charge >= 0.3 is 0 Å². The smallest absolute Gasteiger partial charge is 0.131 e. The summed E-state index contributed by atoms with van der Waals surface area (Å²) in [5.41, 5.74) is 4.25. The van der Waals surface area contributed by atoms with Crippen LogP contribution in [0.1, 0.15) is 63.8 Å². The van der Waals surface area contributed by atoms with Gasteiger partial charge in [0.25, 0.3) is 0 Å². The molecule has 1 heterocycles. The zero-order chi connectivity index (χ0) is 24.9. The van der Waals surface area contributed by atoms with Crippen LogP contribution in [-0.4, -0.2) is 22.7 Å². The second-order valence-electron chi connectivity index (χ2n) is 8.92. The van der Waals surface area contributed by atoms with Gasteiger partial charge in [-0.3, -0.25) is 0 Å². The minimum absolute atomic E-state index is 0.217. The Morgan fingerprint density at radius 2 is 1.71 bits per heavy atom. The zero-order valence-electron chi connectivity index (χ0n) is 21.1. The molecule has 1 unspecified atom stereocenters.